The molecule has 0 saturated heterocycles. The molecule has 0 spiro atoms. The van der Waals surface area contributed by atoms with Crippen molar-refractivity contribution in [2.45, 2.75) is 18.4 Å². The number of anilines is 1. The van der Waals surface area contributed by atoms with Gasteiger partial charge < -0.3 is 5.32 Å². The number of nitrogens with one attached hydrogen (secondary N) is 1. The van der Waals surface area contributed by atoms with Crippen LogP contribution in [0.3, 0.4) is 0 Å². The largest absolute Gasteiger partial charge is 0.378 e. The monoisotopic (exact) mass is 283 g/mol. The van der Waals surface area contributed by atoms with E-state index in [1.54, 1.807) is 24.3 Å². The minimum atomic E-state index is -0.221. The molecular weight excluding hydrogens is 268 g/mol. The number of hydrogen-bond donors (Lipinski definition) is 1. The van der Waals surface area contributed by atoms with Gasteiger partial charge in [-0.3, -0.25) is 0 Å². The first-order chi connectivity index (χ1) is 10.2. The summed E-state index contributed by atoms with van der Waals surface area (Å²) < 4.78 is 27.0. The normalized spacial score (nSPS) is 26.1. The highest BCUT2D eigenvalue weighted by atomic mass is 19.1. The summed E-state index contributed by atoms with van der Waals surface area (Å²) in [6.45, 7) is 0. The van der Waals surface area contributed by atoms with E-state index in [2.05, 4.69) is 17.5 Å². The zero-order valence-electron chi connectivity index (χ0n) is 11.4. The van der Waals surface area contributed by atoms with Crippen LogP contribution in [0.5, 0.6) is 0 Å². The number of benzene rings is 2. The Morgan fingerprint density at radius 2 is 1.86 bits per heavy atom. The molecule has 2 aromatic rings. The Labute approximate surface area is 122 Å². The summed E-state index contributed by atoms with van der Waals surface area (Å²) in [6.07, 6.45) is 5.22. The minimum Gasteiger partial charge on any atom is -0.378 e. The quantitative estimate of drug-likeness (QED) is 0.742. The van der Waals surface area contributed by atoms with E-state index in [0.29, 0.717) is 5.92 Å². The lowest BCUT2D eigenvalue weighted by molar-refractivity contribution is 0.422. The first-order valence-electron chi connectivity index (χ1n) is 7.20. The van der Waals surface area contributed by atoms with Crippen LogP contribution < -0.4 is 5.32 Å². The van der Waals surface area contributed by atoms with Gasteiger partial charge in [0.25, 0.3) is 0 Å². The van der Waals surface area contributed by atoms with E-state index in [0.717, 1.165) is 23.2 Å². The van der Waals surface area contributed by atoms with Gasteiger partial charge in [-0.15, -0.1) is 0 Å². The van der Waals surface area contributed by atoms with Crippen molar-refractivity contribution in [1.82, 2.24) is 0 Å². The topological polar surface area (TPSA) is 12.0 Å². The standard InChI is InChI=1S/C18H15F2N/c19-12-4-1-3-11(9-12)18-15-6-2-5-14(15)16-10-13(20)7-8-17(16)21-18/h1-5,7-10,14-15,18,21H,6H2/t14-,15+,18-/m0/s1. The van der Waals surface area contributed by atoms with E-state index < -0.39 is 0 Å². The summed E-state index contributed by atoms with van der Waals surface area (Å²) in [5, 5.41) is 3.47. The van der Waals surface area contributed by atoms with Gasteiger partial charge in [-0.25, -0.2) is 8.78 Å². The van der Waals surface area contributed by atoms with Crippen molar-refractivity contribution in [1.29, 1.82) is 0 Å². The first-order valence-corrected chi connectivity index (χ1v) is 7.20. The fraction of sp³-hybridized carbons (Fsp3) is 0.222. The van der Waals surface area contributed by atoms with Gasteiger partial charge in [0.1, 0.15) is 11.6 Å². The average Bonchev–Trinajstić information content (AvgIpc) is 2.96. The maximum absolute atomic E-state index is 13.5. The Morgan fingerprint density at radius 3 is 2.71 bits per heavy atom. The SMILES string of the molecule is Fc1cccc([C@@H]2Nc3ccc(F)cc3[C@H]3C=CC[C@H]32)c1. The molecule has 0 saturated carbocycles. The zero-order valence-corrected chi connectivity index (χ0v) is 11.4. The number of fused-ring (bicyclic) bond motifs is 3. The van der Waals surface area contributed by atoms with Crippen molar-refractivity contribution < 1.29 is 8.78 Å². The molecule has 0 bridgehead atoms. The maximum Gasteiger partial charge on any atom is 0.123 e. The van der Waals surface area contributed by atoms with Crippen LogP contribution in [0.4, 0.5) is 14.5 Å². The summed E-state index contributed by atoms with van der Waals surface area (Å²) in [4.78, 5) is 0. The molecule has 21 heavy (non-hydrogen) atoms. The van der Waals surface area contributed by atoms with E-state index in [9.17, 15) is 8.78 Å². The van der Waals surface area contributed by atoms with Gasteiger partial charge in [0.15, 0.2) is 0 Å². The number of allylic oxidation sites excluding steroid dienone is 2. The Kier molecular flexibility index (Phi) is 2.81. The molecule has 1 N–H and O–H groups in total. The first kappa shape index (κ1) is 12.6. The third-order valence-corrected chi connectivity index (χ3v) is 4.53. The fourth-order valence-electron chi connectivity index (χ4n) is 3.60. The lowest BCUT2D eigenvalue weighted by atomic mass is 9.77. The Hall–Kier alpha value is -2.16. The third kappa shape index (κ3) is 2.04. The van der Waals surface area contributed by atoms with Gasteiger partial charge in [-0.1, -0.05) is 24.3 Å². The molecule has 0 radical (unpaired) electrons. The molecule has 3 atom stereocenters. The third-order valence-electron chi connectivity index (χ3n) is 4.53. The van der Waals surface area contributed by atoms with Crippen LogP contribution in [-0.2, 0) is 0 Å². The predicted molar refractivity (Wildman–Crippen MR) is 79.2 cm³/mol. The van der Waals surface area contributed by atoms with Gasteiger partial charge in [0.2, 0.25) is 0 Å². The maximum atomic E-state index is 13.5. The number of rotatable bonds is 1. The summed E-state index contributed by atoms with van der Waals surface area (Å²) in [6, 6.07) is 11.6. The van der Waals surface area contributed by atoms with Crippen molar-refractivity contribution in [2.24, 2.45) is 5.92 Å². The van der Waals surface area contributed by atoms with Crippen LogP contribution >= 0.6 is 0 Å². The summed E-state index contributed by atoms with van der Waals surface area (Å²) in [5.41, 5.74) is 2.89. The molecule has 1 aliphatic heterocycles. The molecule has 0 fully saturated rings. The second-order valence-corrected chi connectivity index (χ2v) is 5.76. The van der Waals surface area contributed by atoms with E-state index in [-0.39, 0.29) is 23.6 Å². The molecule has 0 aromatic heterocycles. The second-order valence-electron chi connectivity index (χ2n) is 5.76. The number of hydrogen-bond acceptors (Lipinski definition) is 1. The predicted octanol–water partition coefficient (Wildman–Crippen LogP) is 4.79. The van der Waals surface area contributed by atoms with Crippen molar-refractivity contribution >= 4 is 5.69 Å². The van der Waals surface area contributed by atoms with Crippen LogP contribution in [0.1, 0.15) is 29.5 Å². The van der Waals surface area contributed by atoms with Crippen LogP contribution in [0.25, 0.3) is 0 Å². The van der Waals surface area contributed by atoms with E-state index in [4.69, 9.17) is 0 Å². The van der Waals surface area contributed by atoms with E-state index in [1.165, 1.54) is 12.1 Å². The van der Waals surface area contributed by atoms with Gasteiger partial charge in [-0.05, 0) is 53.8 Å². The van der Waals surface area contributed by atoms with Gasteiger partial charge >= 0.3 is 0 Å². The number of halogens is 2. The minimum absolute atomic E-state index is 0.0543. The van der Waals surface area contributed by atoms with Gasteiger partial charge in [-0.2, -0.15) is 0 Å². The second kappa shape index (κ2) is 4.69. The summed E-state index contributed by atoms with van der Waals surface area (Å²) >= 11 is 0. The Bertz CT molecular complexity index is 723. The lowest BCUT2D eigenvalue weighted by Gasteiger charge is -2.37. The van der Waals surface area contributed by atoms with Crippen LogP contribution in [0.15, 0.2) is 54.6 Å². The molecule has 2 aromatic carbocycles. The van der Waals surface area contributed by atoms with Crippen molar-refractivity contribution in [3.05, 3.63) is 77.4 Å². The molecule has 2 aliphatic rings. The zero-order chi connectivity index (χ0) is 14.4. The smallest absolute Gasteiger partial charge is 0.123 e. The van der Waals surface area contributed by atoms with E-state index >= 15 is 0 Å². The van der Waals surface area contributed by atoms with Gasteiger partial charge in [0.05, 0.1) is 6.04 Å². The Morgan fingerprint density at radius 1 is 1.00 bits per heavy atom. The molecule has 1 nitrogen and oxygen atoms in total. The van der Waals surface area contributed by atoms with Gasteiger partial charge in [0, 0.05) is 11.6 Å². The summed E-state index contributed by atoms with van der Waals surface area (Å²) in [7, 11) is 0. The molecule has 1 heterocycles. The highest BCUT2D eigenvalue weighted by molar-refractivity contribution is 5.59. The Balaban J connectivity index is 1.80. The molecular formula is C18H15F2N. The van der Waals surface area contributed by atoms with Crippen molar-refractivity contribution in [3.8, 4) is 0 Å². The fourth-order valence-corrected chi connectivity index (χ4v) is 3.60. The molecule has 106 valence electrons. The van der Waals surface area contributed by atoms with Crippen LogP contribution in [-0.4, -0.2) is 0 Å². The van der Waals surface area contributed by atoms with Crippen LogP contribution in [0, 0.1) is 17.6 Å². The highest BCUT2D eigenvalue weighted by Gasteiger charge is 2.38. The summed E-state index contributed by atoms with van der Waals surface area (Å²) in [5.74, 6) is 0.0758. The van der Waals surface area contributed by atoms with Crippen LogP contribution in [0.2, 0.25) is 0 Å². The average molecular weight is 283 g/mol. The molecule has 0 unspecified atom stereocenters. The van der Waals surface area contributed by atoms with Crippen molar-refractivity contribution in [2.75, 3.05) is 5.32 Å². The molecule has 4 rings (SSSR count). The van der Waals surface area contributed by atoms with Crippen molar-refractivity contribution in [3.63, 3.8) is 0 Å². The molecule has 1 aliphatic carbocycles. The highest BCUT2D eigenvalue weighted by Crippen LogP contribution is 2.49. The lowest BCUT2D eigenvalue weighted by Crippen LogP contribution is -2.29. The molecule has 3 heteroatoms. The van der Waals surface area contributed by atoms with E-state index in [1.807, 2.05) is 6.07 Å². The molecule has 0 amide bonds.